The monoisotopic (exact) mass is 208 g/mol. The number of aromatic nitrogens is 1. The quantitative estimate of drug-likeness (QED) is 0.561. The van der Waals surface area contributed by atoms with E-state index in [1.165, 1.54) is 0 Å². The van der Waals surface area contributed by atoms with Gasteiger partial charge >= 0.3 is 0 Å². The van der Waals surface area contributed by atoms with Gasteiger partial charge in [0.1, 0.15) is 0 Å². The molecule has 1 aromatic rings. The van der Waals surface area contributed by atoms with Crippen molar-refractivity contribution in [2.45, 2.75) is 26.5 Å². The predicted octanol–water partition coefficient (Wildman–Crippen LogP) is 0.642. The average molecular weight is 208 g/mol. The maximum atomic E-state index is 5.52. The van der Waals surface area contributed by atoms with Crippen molar-refractivity contribution in [3.63, 3.8) is 0 Å². The second kappa shape index (κ2) is 5.19. The van der Waals surface area contributed by atoms with Crippen LogP contribution >= 0.6 is 0 Å². The molecule has 0 aromatic carbocycles. The first-order valence-corrected chi connectivity index (χ1v) is 4.75. The number of hydrogen-bond donors (Lipinski definition) is 2. The lowest BCUT2D eigenvalue weighted by molar-refractivity contribution is 0.230. The predicted molar refractivity (Wildman–Crippen MR) is 59.5 cm³/mol. The molecule has 0 saturated carbocycles. The summed E-state index contributed by atoms with van der Waals surface area (Å²) in [6, 6.07) is 3.71. The van der Waals surface area contributed by atoms with E-state index >= 15 is 0 Å². The fraction of sp³-hybridized carbons (Fsp3) is 0.400. The minimum Gasteiger partial charge on any atom is -0.475 e. The molecule has 5 heteroatoms. The Morgan fingerprint density at radius 2 is 2.27 bits per heavy atom. The highest BCUT2D eigenvalue weighted by Crippen LogP contribution is 2.16. The SMILES string of the molecule is CC(C)Oc1ncccc1CN=C(N)N. The highest BCUT2D eigenvalue weighted by molar-refractivity contribution is 5.75. The summed E-state index contributed by atoms with van der Waals surface area (Å²) in [6.45, 7) is 4.27. The zero-order valence-corrected chi connectivity index (χ0v) is 8.97. The number of aliphatic imine (C=N–C) groups is 1. The number of ether oxygens (including phenoxy) is 1. The fourth-order valence-electron chi connectivity index (χ4n) is 1.05. The molecular weight excluding hydrogens is 192 g/mol. The number of nitrogens with zero attached hydrogens (tertiary/aromatic N) is 2. The van der Waals surface area contributed by atoms with E-state index in [4.69, 9.17) is 16.2 Å². The Balaban J connectivity index is 2.81. The first kappa shape index (κ1) is 11.3. The van der Waals surface area contributed by atoms with E-state index in [0.717, 1.165) is 5.56 Å². The Hall–Kier alpha value is -1.78. The minimum absolute atomic E-state index is 0.0642. The van der Waals surface area contributed by atoms with Gasteiger partial charge in [-0.15, -0.1) is 0 Å². The largest absolute Gasteiger partial charge is 0.475 e. The molecule has 0 unspecified atom stereocenters. The molecule has 0 spiro atoms. The van der Waals surface area contributed by atoms with Crippen molar-refractivity contribution in [1.29, 1.82) is 0 Å². The number of nitrogens with two attached hydrogens (primary N) is 2. The van der Waals surface area contributed by atoms with Crippen LogP contribution in [0.25, 0.3) is 0 Å². The van der Waals surface area contributed by atoms with Crippen LogP contribution in [-0.4, -0.2) is 17.0 Å². The lowest BCUT2D eigenvalue weighted by Gasteiger charge is -2.11. The molecule has 0 aliphatic heterocycles. The number of guanidine groups is 1. The standard InChI is InChI=1S/C10H16N4O/c1-7(2)15-9-8(4-3-5-13-9)6-14-10(11)12/h3-5,7H,6H2,1-2H3,(H4,11,12,14). The number of pyridine rings is 1. The van der Waals surface area contributed by atoms with Crippen molar-refractivity contribution < 1.29 is 4.74 Å². The minimum atomic E-state index is 0.0642. The Morgan fingerprint density at radius 3 is 2.87 bits per heavy atom. The molecule has 5 nitrogen and oxygen atoms in total. The van der Waals surface area contributed by atoms with Crippen LogP contribution < -0.4 is 16.2 Å². The van der Waals surface area contributed by atoms with E-state index in [1.807, 2.05) is 26.0 Å². The van der Waals surface area contributed by atoms with Crippen LogP contribution in [0.4, 0.5) is 0 Å². The fourth-order valence-corrected chi connectivity index (χ4v) is 1.05. The van der Waals surface area contributed by atoms with E-state index in [-0.39, 0.29) is 12.1 Å². The van der Waals surface area contributed by atoms with Gasteiger partial charge in [0.15, 0.2) is 5.96 Å². The molecular formula is C10H16N4O. The van der Waals surface area contributed by atoms with E-state index < -0.39 is 0 Å². The molecule has 0 radical (unpaired) electrons. The third-order valence-electron chi connectivity index (χ3n) is 1.63. The zero-order chi connectivity index (χ0) is 11.3. The molecule has 0 saturated heterocycles. The lowest BCUT2D eigenvalue weighted by atomic mass is 10.2. The number of rotatable bonds is 4. The average Bonchev–Trinajstić information content (AvgIpc) is 2.15. The smallest absolute Gasteiger partial charge is 0.218 e. The zero-order valence-electron chi connectivity index (χ0n) is 8.97. The molecule has 1 aromatic heterocycles. The van der Waals surface area contributed by atoms with Gasteiger partial charge in [0.05, 0.1) is 12.6 Å². The van der Waals surface area contributed by atoms with Gasteiger partial charge in [-0.05, 0) is 19.9 Å². The highest BCUT2D eigenvalue weighted by atomic mass is 16.5. The van der Waals surface area contributed by atoms with E-state index in [9.17, 15) is 0 Å². The number of hydrogen-bond acceptors (Lipinski definition) is 3. The van der Waals surface area contributed by atoms with Crippen molar-refractivity contribution in [2.75, 3.05) is 0 Å². The maximum absolute atomic E-state index is 5.52. The van der Waals surface area contributed by atoms with Crippen molar-refractivity contribution in [3.8, 4) is 5.88 Å². The van der Waals surface area contributed by atoms with Gasteiger partial charge in [-0.1, -0.05) is 6.07 Å². The van der Waals surface area contributed by atoms with E-state index in [0.29, 0.717) is 12.4 Å². The summed E-state index contributed by atoms with van der Waals surface area (Å²) in [5.41, 5.74) is 11.4. The molecule has 0 atom stereocenters. The molecule has 1 rings (SSSR count). The van der Waals surface area contributed by atoms with Gasteiger partial charge < -0.3 is 16.2 Å². The molecule has 82 valence electrons. The van der Waals surface area contributed by atoms with Crippen LogP contribution in [-0.2, 0) is 6.54 Å². The van der Waals surface area contributed by atoms with Crippen LogP contribution in [0, 0.1) is 0 Å². The summed E-state index contributed by atoms with van der Waals surface area (Å²) in [7, 11) is 0. The van der Waals surface area contributed by atoms with Gasteiger partial charge in [0.2, 0.25) is 5.88 Å². The Morgan fingerprint density at radius 1 is 1.53 bits per heavy atom. The van der Waals surface area contributed by atoms with Crippen molar-refractivity contribution in [3.05, 3.63) is 23.9 Å². The first-order valence-electron chi connectivity index (χ1n) is 4.75. The molecule has 0 bridgehead atoms. The van der Waals surface area contributed by atoms with Gasteiger partial charge in [-0.3, -0.25) is 0 Å². The Labute approximate surface area is 89.2 Å². The topological polar surface area (TPSA) is 86.5 Å². The molecule has 0 aliphatic carbocycles. The summed E-state index contributed by atoms with van der Waals surface area (Å²) in [4.78, 5) is 8.04. The van der Waals surface area contributed by atoms with E-state index in [1.54, 1.807) is 6.20 Å². The Kier molecular flexibility index (Phi) is 3.91. The van der Waals surface area contributed by atoms with Crippen LogP contribution in [0.15, 0.2) is 23.3 Å². The third-order valence-corrected chi connectivity index (χ3v) is 1.63. The third kappa shape index (κ3) is 3.84. The molecule has 4 N–H and O–H groups in total. The summed E-state index contributed by atoms with van der Waals surface area (Å²) >= 11 is 0. The normalized spacial score (nSPS) is 10.1. The lowest BCUT2D eigenvalue weighted by Crippen LogP contribution is -2.22. The van der Waals surface area contributed by atoms with Crippen LogP contribution in [0.3, 0.4) is 0 Å². The molecule has 0 aliphatic rings. The first-order chi connectivity index (χ1) is 7.09. The van der Waals surface area contributed by atoms with Crippen molar-refractivity contribution in [1.82, 2.24) is 4.98 Å². The summed E-state index contributed by atoms with van der Waals surface area (Å²) < 4.78 is 5.52. The van der Waals surface area contributed by atoms with Crippen LogP contribution in [0.2, 0.25) is 0 Å². The summed E-state index contributed by atoms with van der Waals surface area (Å²) in [6.07, 6.45) is 1.76. The second-order valence-electron chi connectivity index (χ2n) is 3.38. The van der Waals surface area contributed by atoms with Gasteiger partial charge in [-0.2, -0.15) is 0 Å². The highest BCUT2D eigenvalue weighted by Gasteiger charge is 2.05. The van der Waals surface area contributed by atoms with Gasteiger partial charge in [0.25, 0.3) is 0 Å². The van der Waals surface area contributed by atoms with Crippen LogP contribution in [0.5, 0.6) is 5.88 Å². The molecule has 0 amide bonds. The van der Waals surface area contributed by atoms with E-state index in [2.05, 4.69) is 9.98 Å². The second-order valence-corrected chi connectivity index (χ2v) is 3.38. The summed E-state index contributed by atoms with van der Waals surface area (Å²) in [5.74, 6) is 0.645. The van der Waals surface area contributed by atoms with Crippen LogP contribution in [0.1, 0.15) is 19.4 Å². The van der Waals surface area contributed by atoms with Gasteiger partial charge in [0, 0.05) is 11.8 Å². The molecule has 0 fully saturated rings. The summed E-state index contributed by atoms with van der Waals surface area (Å²) in [5, 5.41) is 0. The van der Waals surface area contributed by atoms with Crippen molar-refractivity contribution in [2.24, 2.45) is 16.5 Å². The maximum Gasteiger partial charge on any atom is 0.218 e. The molecule has 15 heavy (non-hydrogen) atoms. The van der Waals surface area contributed by atoms with Gasteiger partial charge in [-0.25, -0.2) is 9.98 Å². The van der Waals surface area contributed by atoms with Crippen molar-refractivity contribution >= 4 is 5.96 Å². The molecule has 1 heterocycles. The Bertz CT molecular complexity index is 345.